The van der Waals surface area contributed by atoms with Crippen LogP contribution in [0.1, 0.15) is 17.3 Å². The number of thioether (sulfide) groups is 1. The minimum Gasteiger partial charge on any atom is -0.351 e. The van der Waals surface area contributed by atoms with Gasteiger partial charge < -0.3 is 16.4 Å². The van der Waals surface area contributed by atoms with E-state index in [2.05, 4.69) is 10.6 Å². The maximum atomic E-state index is 11.9. The molecule has 1 atom stereocenters. The zero-order valence-corrected chi connectivity index (χ0v) is 11.9. The highest BCUT2D eigenvalue weighted by molar-refractivity contribution is 7.99. The molecule has 0 aliphatic carbocycles. The lowest BCUT2D eigenvalue weighted by Crippen LogP contribution is -2.30. The third kappa shape index (κ3) is 4.57. The minimum atomic E-state index is -0.238. The highest BCUT2D eigenvalue weighted by atomic mass is 32.2. The molecule has 0 saturated heterocycles. The van der Waals surface area contributed by atoms with E-state index in [9.17, 15) is 9.59 Å². The van der Waals surface area contributed by atoms with E-state index in [-0.39, 0.29) is 17.1 Å². The first kappa shape index (κ1) is 15.5. The average molecular weight is 281 g/mol. The van der Waals surface area contributed by atoms with Gasteiger partial charge in [-0.1, -0.05) is 12.1 Å². The van der Waals surface area contributed by atoms with Crippen molar-refractivity contribution in [3.05, 3.63) is 29.8 Å². The lowest BCUT2D eigenvalue weighted by atomic mass is 10.1. The largest absolute Gasteiger partial charge is 0.351 e. The molecule has 19 heavy (non-hydrogen) atoms. The lowest BCUT2D eigenvalue weighted by Gasteiger charge is -2.13. The Morgan fingerprint density at radius 2 is 2.05 bits per heavy atom. The van der Waals surface area contributed by atoms with E-state index in [1.54, 1.807) is 24.3 Å². The molecule has 0 aliphatic rings. The smallest absolute Gasteiger partial charge is 0.253 e. The van der Waals surface area contributed by atoms with Crippen LogP contribution < -0.4 is 16.4 Å². The first-order valence-corrected chi connectivity index (χ1v) is 7.30. The van der Waals surface area contributed by atoms with Crippen molar-refractivity contribution < 1.29 is 9.59 Å². The van der Waals surface area contributed by atoms with Crippen LogP contribution in [0.4, 0.5) is 5.69 Å². The van der Waals surface area contributed by atoms with Gasteiger partial charge in [0.25, 0.3) is 5.91 Å². The Labute approximate surface area is 117 Å². The first-order chi connectivity index (χ1) is 9.10. The molecule has 0 saturated carbocycles. The van der Waals surface area contributed by atoms with Gasteiger partial charge in [0, 0.05) is 13.1 Å². The van der Waals surface area contributed by atoms with Gasteiger partial charge in [0.1, 0.15) is 0 Å². The summed E-state index contributed by atoms with van der Waals surface area (Å²) in [4.78, 5) is 23.8. The first-order valence-electron chi connectivity index (χ1n) is 6.01. The second-order valence-corrected chi connectivity index (χ2v) is 5.14. The summed E-state index contributed by atoms with van der Waals surface area (Å²) in [5.74, 6) is -0.357. The third-order valence-corrected chi connectivity index (χ3v) is 3.50. The number of anilines is 1. The summed E-state index contributed by atoms with van der Waals surface area (Å²) in [6.07, 6.45) is 1.87. The Kier molecular flexibility index (Phi) is 6.38. The maximum Gasteiger partial charge on any atom is 0.253 e. The van der Waals surface area contributed by atoms with E-state index in [1.165, 1.54) is 11.8 Å². The fraction of sp³-hybridized carbons (Fsp3) is 0.385. The topological polar surface area (TPSA) is 84.2 Å². The molecule has 6 heteroatoms. The number of nitrogens with one attached hydrogen (secondary N) is 2. The van der Waals surface area contributed by atoms with Gasteiger partial charge in [0.05, 0.1) is 16.5 Å². The molecule has 0 fully saturated rings. The molecule has 5 nitrogen and oxygen atoms in total. The third-order valence-electron chi connectivity index (χ3n) is 2.58. The molecule has 4 N–H and O–H groups in total. The molecule has 104 valence electrons. The highest BCUT2D eigenvalue weighted by Gasteiger charge is 2.15. The van der Waals surface area contributed by atoms with Crippen LogP contribution in [-0.2, 0) is 4.79 Å². The number of hydrogen-bond acceptors (Lipinski definition) is 4. The van der Waals surface area contributed by atoms with Crippen LogP contribution in [0.15, 0.2) is 24.3 Å². The molecule has 2 amide bonds. The molecule has 1 aromatic rings. The van der Waals surface area contributed by atoms with Gasteiger partial charge in [-0.05, 0) is 25.3 Å². The predicted octanol–water partition coefficient (Wildman–Crippen LogP) is 1.07. The number of rotatable bonds is 6. The fourth-order valence-electron chi connectivity index (χ4n) is 1.41. The Bertz CT molecular complexity index is 451. The zero-order valence-electron chi connectivity index (χ0n) is 11.1. The molecule has 1 aromatic carbocycles. The Morgan fingerprint density at radius 1 is 1.37 bits per heavy atom. The standard InChI is InChI=1S/C13H19N3O2S/c1-9(19-2)12(17)16-11-6-4-3-5-10(11)13(18)15-8-7-14/h3-6,9H,7-8,14H2,1-2H3,(H,15,18)(H,16,17). The van der Waals surface area contributed by atoms with Gasteiger partial charge in [-0.2, -0.15) is 11.8 Å². The van der Waals surface area contributed by atoms with Crippen molar-refractivity contribution in [1.29, 1.82) is 0 Å². The van der Waals surface area contributed by atoms with Crippen LogP contribution in [0, 0.1) is 0 Å². The molecule has 0 spiro atoms. The maximum absolute atomic E-state index is 11.9. The van der Waals surface area contributed by atoms with Crippen LogP contribution in [-0.4, -0.2) is 36.4 Å². The van der Waals surface area contributed by atoms with E-state index in [0.29, 0.717) is 24.3 Å². The van der Waals surface area contributed by atoms with Crippen molar-refractivity contribution in [3.8, 4) is 0 Å². The van der Waals surface area contributed by atoms with Crippen LogP contribution in [0.3, 0.4) is 0 Å². The molecule has 0 heterocycles. The Morgan fingerprint density at radius 3 is 2.68 bits per heavy atom. The van der Waals surface area contributed by atoms with Gasteiger partial charge in [0.2, 0.25) is 5.91 Å². The van der Waals surface area contributed by atoms with Gasteiger partial charge in [-0.25, -0.2) is 0 Å². The van der Waals surface area contributed by atoms with Crippen molar-refractivity contribution in [3.63, 3.8) is 0 Å². The number of para-hydroxylation sites is 1. The van der Waals surface area contributed by atoms with Gasteiger partial charge in [-0.3, -0.25) is 9.59 Å². The quantitative estimate of drug-likeness (QED) is 0.728. The molecule has 1 unspecified atom stereocenters. The van der Waals surface area contributed by atoms with E-state index in [0.717, 1.165) is 0 Å². The molecular weight excluding hydrogens is 262 g/mol. The van der Waals surface area contributed by atoms with Crippen LogP contribution in [0.5, 0.6) is 0 Å². The summed E-state index contributed by atoms with van der Waals surface area (Å²) in [5, 5.41) is 5.29. The van der Waals surface area contributed by atoms with Crippen LogP contribution >= 0.6 is 11.8 Å². The number of carbonyl (C=O) groups is 2. The predicted molar refractivity (Wildman–Crippen MR) is 79.4 cm³/mol. The summed E-state index contributed by atoms with van der Waals surface area (Å²) < 4.78 is 0. The highest BCUT2D eigenvalue weighted by Crippen LogP contribution is 2.17. The molecule has 0 aliphatic heterocycles. The van der Waals surface area contributed by atoms with Crippen molar-refractivity contribution in [2.45, 2.75) is 12.2 Å². The Balaban J connectivity index is 2.84. The zero-order chi connectivity index (χ0) is 14.3. The summed E-state index contributed by atoms with van der Waals surface area (Å²) in [7, 11) is 0. The molecule has 1 rings (SSSR count). The SMILES string of the molecule is CSC(C)C(=O)Nc1ccccc1C(=O)NCCN. The van der Waals surface area contributed by atoms with Gasteiger partial charge in [0.15, 0.2) is 0 Å². The van der Waals surface area contributed by atoms with Crippen LogP contribution in [0.2, 0.25) is 0 Å². The summed E-state index contributed by atoms with van der Waals surface area (Å²) >= 11 is 1.45. The number of amides is 2. The van der Waals surface area contributed by atoms with Crippen molar-refractivity contribution in [2.75, 3.05) is 24.7 Å². The second-order valence-electron chi connectivity index (χ2n) is 3.96. The molecule has 0 radical (unpaired) electrons. The fourth-order valence-corrected chi connectivity index (χ4v) is 1.69. The second kappa shape index (κ2) is 7.81. The number of carbonyl (C=O) groups excluding carboxylic acids is 2. The van der Waals surface area contributed by atoms with Crippen molar-refractivity contribution in [2.24, 2.45) is 5.73 Å². The lowest BCUT2D eigenvalue weighted by molar-refractivity contribution is -0.115. The summed E-state index contributed by atoms with van der Waals surface area (Å²) in [5.41, 5.74) is 6.30. The van der Waals surface area contributed by atoms with Gasteiger partial charge in [-0.15, -0.1) is 0 Å². The van der Waals surface area contributed by atoms with E-state index >= 15 is 0 Å². The molecule has 0 bridgehead atoms. The molecule has 0 aromatic heterocycles. The van der Waals surface area contributed by atoms with E-state index < -0.39 is 0 Å². The number of hydrogen-bond donors (Lipinski definition) is 3. The van der Waals surface area contributed by atoms with Gasteiger partial charge >= 0.3 is 0 Å². The van der Waals surface area contributed by atoms with Crippen molar-refractivity contribution in [1.82, 2.24) is 5.32 Å². The normalized spacial score (nSPS) is 11.7. The summed E-state index contributed by atoms with van der Waals surface area (Å²) in [6.45, 7) is 2.60. The van der Waals surface area contributed by atoms with E-state index in [4.69, 9.17) is 5.73 Å². The van der Waals surface area contributed by atoms with Crippen LogP contribution in [0.25, 0.3) is 0 Å². The Hall–Kier alpha value is -1.53. The van der Waals surface area contributed by atoms with Crippen molar-refractivity contribution >= 4 is 29.3 Å². The summed E-state index contributed by atoms with van der Waals surface area (Å²) in [6, 6.07) is 6.91. The average Bonchev–Trinajstić information content (AvgIpc) is 2.44. The molecular formula is C13H19N3O2S. The minimum absolute atomic E-state index is 0.119. The number of benzene rings is 1. The monoisotopic (exact) mass is 281 g/mol. The van der Waals surface area contributed by atoms with E-state index in [1.807, 2.05) is 13.2 Å². The number of nitrogens with two attached hydrogens (primary N) is 1.